The highest BCUT2D eigenvalue weighted by atomic mass is 16.1. The lowest BCUT2D eigenvalue weighted by molar-refractivity contribution is -0.116. The molecule has 2 N–H and O–H groups in total. The summed E-state index contributed by atoms with van der Waals surface area (Å²) in [6.07, 6.45) is 3.95. The van der Waals surface area contributed by atoms with Crippen molar-refractivity contribution in [3.63, 3.8) is 0 Å². The van der Waals surface area contributed by atoms with E-state index in [2.05, 4.69) is 24.5 Å². The first-order chi connectivity index (χ1) is 10.1. The Balaban J connectivity index is 1.80. The molecule has 1 heterocycles. The second-order valence-electron chi connectivity index (χ2n) is 5.63. The summed E-state index contributed by atoms with van der Waals surface area (Å²) >= 11 is 0. The molecule has 0 unspecified atom stereocenters. The second-order valence-corrected chi connectivity index (χ2v) is 5.63. The Morgan fingerprint density at radius 3 is 2.67 bits per heavy atom. The predicted molar refractivity (Wildman–Crippen MR) is 86.0 cm³/mol. The number of amides is 1. The fourth-order valence-corrected chi connectivity index (χ4v) is 2.09. The Labute approximate surface area is 126 Å². The molecule has 112 valence electrons. The molecule has 0 radical (unpaired) electrons. The smallest absolute Gasteiger partial charge is 0.244 e. The van der Waals surface area contributed by atoms with Crippen LogP contribution < -0.4 is 10.6 Å². The van der Waals surface area contributed by atoms with Crippen LogP contribution >= 0.6 is 0 Å². The van der Waals surface area contributed by atoms with Gasteiger partial charge in [-0.1, -0.05) is 32.0 Å². The number of carbonyl (C=O) groups excluding carboxylic acids is 1. The zero-order valence-corrected chi connectivity index (χ0v) is 12.7. The zero-order valence-electron chi connectivity index (χ0n) is 12.7. The van der Waals surface area contributed by atoms with Gasteiger partial charge in [0.05, 0.1) is 0 Å². The summed E-state index contributed by atoms with van der Waals surface area (Å²) in [6, 6.07) is 11.6. The third-order valence-electron chi connectivity index (χ3n) is 3.08. The first kappa shape index (κ1) is 15.3. The van der Waals surface area contributed by atoms with Crippen molar-refractivity contribution in [2.45, 2.75) is 26.9 Å². The lowest BCUT2D eigenvalue weighted by atomic mass is 10.2. The normalized spacial score (nSPS) is 10.8. The number of anilines is 1. The summed E-state index contributed by atoms with van der Waals surface area (Å²) < 4.78 is 1.91. The Morgan fingerprint density at radius 2 is 1.95 bits per heavy atom. The van der Waals surface area contributed by atoms with Gasteiger partial charge in [0.1, 0.15) is 6.54 Å². The number of benzene rings is 1. The van der Waals surface area contributed by atoms with Crippen molar-refractivity contribution in [1.82, 2.24) is 9.88 Å². The van der Waals surface area contributed by atoms with E-state index in [1.54, 1.807) is 0 Å². The Kier molecular flexibility index (Phi) is 5.58. The third kappa shape index (κ3) is 5.44. The molecular weight excluding hydrogens is 262 g/mol. The van der Waals surface area contributed by atoms with Crippen molar-refractivity contribution < 1.29 is 4.79 Å². The van der Waals surface area contributed by atoms with Gasteiger partial charge < -0.3 is 15.2 Å². The molecule has 0 spiro atoms. The van der Waals surface area contributed by atoms with Crippen LogP contribution in [0.2, 0.25) is 0 Å². The zero-order chi connectivity index (χ0) is 15.1. The maximum absolute atomic E-state index is 11.9. The van der Waals surface area contributed by atoms with Crippen LogP contribution in [0.1, 0.15) is 19.4 Å². The van der Waals surface area contributed by atoms with Crippen molar-refractivity contribution in [2.75, 3.05) is 11.9 Å². The lowest BCUT2D eigenvalue weighted by Gasteiger charge is -2.06. The molecule has 1 aromatic heterocycles. The SMILES string of the molecule is CC(C)CNCc1ccn(CC(=O)Nc2ccccc2)c1. The summed E-state index contributed by atoms with van der Waals surface area (Å²) in [5.74, 6) is 0.627. The lowest BCUT2D eigenvalue weighted by Crippen LogP contribution is -2.19. The van der Waals surface area contributed by atoms with Crippen LogP contribution in [-0.4, -0.2) is 17.0 Å². The number of hydrogen-bond donors (Lipinski definition) is 2. The quantitative estimate of drug-likeness (QED) is 0.821. The predicted octanol–water partition coefficient (Wildman–Crippen LogP) is 2.87. The molecule has 0 saturated heterocycles. The van der Waals surface area contributed by atoms with Crippen molar-refractivity contribution in [3.8, 4) is 0 Å². The largest absolute Gasteiger partial charge is 0.345 e. The van der Waals surface area contributed by atoms with E-state index in [1.807, 2.05) is 53.4 Å². The topological polar surface area (TPSA) is 46.1 Å². The molecule has 0 aliphatic carbocycles. The fourth-order valence-electron chi connectivity index (χ4n) is 2.09. The summed E-state index contributed by atoms with van der Waals surface area (Å²) in [4.78, 5) is 11.9. The monoisotopic (exact) mass is 285 g/mol. The number of nitrogens with one attached hydrogen (secondary N) is 2. The molecule has 0 atom stereocenters. The van der Waals surface area contributed by atoms with Crippen LogP contribution in [0.3, 0.4) is 0 Å². The van der Waals surface area contributed by atoms with Crippen molar-refractivity contribution in [3.05, 3.63) is 54.4 Å². The highest BCUT2D eigenvalue weighted by molar-refractivity contribution is 5.90. The Morgan fingerprint density at radius 1 is 1.19 bits per heavy atom. The molecule has 0 aliphatic rings. The molecule has 4 heteroatoms. The average Bonchev–Trinajstić information content (AvgIpc) is 2.86. The van der Waals surface area contributed by atoms with Crippen LogP contribution in [0.5, 0.6) is 0 Å². The van der Waals surface area contributed by atoms with Crippen molar-refractivity contribution in [2.24, 2.45) is 5.92 Å². The molecule has 1 amide bonds. The van der Waals surface area contributed by atoms with Gasteiger partial charge in [-0.05, 0) is 36.2 Å². The molecule has 0 bridgehead atoms. The van der Waals surface area contributed by atoms with E-state index in [1.165, 1.54) is 5.56 Å². The number of carbonyl (C=O) groups is 1. The second kappa shape index (κ2) is 7.64. The molecule has 0 fully saturated rings. The van der Waals surface area contributed by atoms with Gasteiger partial charge in [-0.2, -0.15) is 0 Å². The van der Waals surface area contributed by atoms with Gasteiger partial charge in [0, 0.05) is 24.6 Å². The molecule has 0 saturated carbocycles. The summed E-state index contributed by atoms with van der Waals surface area (Å²) in [7, 11) is 0. The number of hydrogen-bond acceptors (Lipinski definition) is 2. The standard InChI is InChI=1S/C17H23N3O/c1-14(2)10-18-11-15-8-9-20(12-15)13-17(21)19-16-6-4-3-5-7-16/h3-9,12,14,18H,10-11,13H2,1-2H3,(H,19,21). The minimum absolute atomic E-state index is 0.0153. The number of aromatic nitrogens is 1. The molecule has 4 nitrogen and oxygen atoms in total. The molecule has 0 aliphatic heterocycles. The van der Waals surface area contributed by atoms with E-state index in [0.29, 0.717) is 12.5 Å². The highest BCUT2D eigenvalue weighted by Gasteiger charge is 2.04. The minimum atomic E-state index is -0.0153. The van der Waals surface area contributed by atoms with Gasteiger partial charge in [0.25, 0.3) is 0 Å². The minimum Gasteiger partial charge on any atom is -0.345 e. The van der Waals surface area contributed by atoms with Gasteiger partial charge in [-0.15, -0.1) is 0 Å². The maximum Gasteiger partial charge on any atom is 0.244 e. The Hall–Kier alpha value is -2.07. The van der Waals surface area contributed by atoms with Gasteiger partial charge in [0.15, 0.2) is 0 Å². The van der Waals surface area contributed by atoms with Gasteiger partial charge in [0.2, 0.25) is 5.91 Å². The van der Waals surface area contributed by atoms with Crippen LogP contribution in [0.15, 0.2) is 48.8 Å². The fraction of sp³-hybridized carbons (Fsp3) is 0.353. The van der Waals surface area contributed by atoms with E-state index < -0.39 is 0 Å². The first-order valence-electron chi connectivity index (χ1n) is 7.34. The molecule has 21 heavy (non-hydrogen) atoms. The van der Waals surface area contributed by atoms with E-state index >= 15 is 0 Å². The third-order valence-corrected chi connectivity index (χ3v) is 3.08. The summed E-state index contributed by atoms with van der Waals surface area (Å²) in [5, 5.41) is 6.28. The van der Waals surface area contributed by atoms with E-state index in [-0.39, 0.29) is 5.91 Å². The van der Waals surface area contributed by atoms with Crippen LogP contribution in [0, 0.1) is 5.92 Å². The van der Waals surface area contributed by atoms with Gasteiger partial charge in [-0.3, -0.25) is 4.79 Å². The highest BCUT2D eigenvalue weighted by Crippen LogP contribution is 2.06. The van der Waals surface area contributed by atoms with Crippen molar-refractivity contribution >= 4 is 11.6 Å². The number of rotatable bonds is 7. The van der Waals surface area contributed by atoms with E-state index in [0.717, 1.165) is 18.8 Å². The van der Waals surface area contributed by atoms with Gasteiger partial charge >= 0.3 is 0 Å². The molecule has 2 aromatic rings. The molecule has 1 aromatic carbocycles. The molecule has 2 rings (SSSR count). The van der Waals surface area contributed by atoms with Gasteiger partial charge in [-0.25, -0.2) is 0 Å². The first-order valence-corrected chi connectivity index (χ1v) is 7.34. The molecular formula is C17H23N3O. The van der Waals surface area contributed by atoms with Crippen LogP contribution in [-0.2, 0) is 17.9 Å². The maximum atomic E-state index is 11.9. The number of para-hydroxylation sites is 1. The average molecular weight is 285 g/mol. The summed E-state index contributed by atoms with van der Waals surface area (Å²) in [5.41, 5.74) is 2.02. The Bertz CT molecular complexity index is 560. The van der Waals surface area contributed by atoms with E-state index in [4.69, 9.17) is 0 Å². The van der Waals surface area contributed by atoms with E-state index in [9.17, 15) is 4.79 Å². The van der Waals surface area contributed by atoms with Crippen molar-refractivity contribution in [1.29, 1.82) is 0 Å². The van der Waals surface area contributed by atoms with Crippen LogP contribution in [0.25, 0.3) is 0 Å². The van der Waals surface area contributed by atoms with Crippen LogP contribution in [0.4, 0.5) is 5.69 Å². The summed E-state index contributed by atoms with van der Waals surface area (Å²) in [6.45, 7) is 6.54. The number of nitrogens with zero attached hydrogens (tertiary/aromatic N) is 1.